The van der Waals surface area contributed by atoms with Gasteiger partial charge in [-0.1, -0.05) is 13.8 Å². The summed E-state index contributed by atoms with van der Waals surface area (Å²) >= 11 is 0. The molecule has 0 aliphatic carbocycles. The molecule has 0 radical (unpaired) electrons. The second kappa shape index (κ2) is 8.64. The minimum atomic E-state index is -1.01. The predicted octanol–water partition coefficient (Wildman–Crippen LogP) is -0.0545. The highest BCUT2D eigenvalue weighted by atomic mass is 16.6. The van der Waals surface area contributed by atoms with Crippen LogP contribution in [0.5, 0.6) is 0 Å². The third-order valence-electron chi connectivity index (χ3n) is 1.71. The van der Waals surface area contributed by atoms with Crippen LogP contribution in [0.15, 0.2) is 0 Å². The van der Waals surface area contributed by atoms with Crippen molar-refractivity contribution in [3.05, 3.63) is 0 Å². The monoisotopic (exact) mass is 220 g/mol. The van der Waals surface area contributed by atoms with E-state index in [2.05, 4.69) is 18.6 Å². The Morgan fingerprint density at radius 3 is 2.60 bits per heavy atom. The summed E-state index contributed by atoms with van der Waals surface area (Å²) in [5, 5.41) is 17.3. The Balaban J connectivity index is 3.34. The summed E-state index contributed by atoms with van der Waals surface area (Å²) in [7, 11) is 0. The summed E-state index contributed by atoms with van der Waals surface area (Å²) in [6.45, 7) is 3.95. The predicted molar refractivity (Wildman–Crippen MR) is 54.3 cm³/mol. The van der Waals surface area contributed by atoms with Gasteiger partial charge in [-0.05, 0) is 12.3 Å². The van der Waals surface area contributed by atoms with E-state index in [1.54, 1.807) is 0 Å². The molecule has 0 rings (SSSR count). The number of hydrogen-bond acceptors (Lipinski definition) is 5. The first-order valence-corrected chi connectivity index (χ1v) is 5.08. The maximum atomic E-state index is 11.0. The molecule has 0 saturated heterocycles. The molecule has 1 atom stereocenters. The van der Waals surface area contributed by atoms with Crippen LogP contribution < -0.4 is 0 Å². The molecule has 5 heteroatoms. The topological polar surface area (TPSA) is 76.0 Å². The lowest BCUT2D eigenvalue weighted by Crippen LogP contribution is -2.24. The molecule has 0 aromatic heterocycles. The molecule has 5 nitrogen and oxygen atoms in total. The van der Waals surface area contributed by atoms with E-state index < -0.39 is 18.7 Å². The van der Waals surface area contributed by atoms with Crippen LogP contribution in [0.1, 0.15) is 20.3 Å². The molecule has 0 aromatic rings. The zero-order chi connectivity index (χ0) is 11.7. The van der Waals surface area contributed by atoms with Gasteiger partial charge in [-0.2, -0.15) is 0 Å². The van der Waals surface area contributed by atoms with Gasteiger partial charge in [0, 0.05) is 6.61 Å². The van der Waals surface area contributed by atoms with Gasteiger partial charge in [-0.3, -0.25) is 0 Å². The van der Waals surface area contributed by atoms with Crippen LogP contribution in [-0.2, 0) is 14.3 Å². The van der Waals surface area contributed by atoms with Crippen molar-refractivity contribution in [2.75, 3.05) is 26.4 Å². The fourth-order valence-corrected chi connectivity index (χ4v) is 0.758. The Morgan fingerprint density at radius 1 is 1.40 bits per heavy atom. The van der Waals surface area contributed by atoms with Gasteiger partial charge in [0.25, 0.3) is 0 Å². The van der Waals surface area contributed by atoms with Crippen molar-refractivity contribution in [3.8, 4) is 0 Å². The van der Waals surface area contributed by atoms with E-state index in [0.29, 0.717) is 12.5 Å². The lowest BCUT2D eigenvalue weighted by atomic mass is 10.1. The standard InChI is InChI=1S/C10H20O5/c1-8(2)3-4-14-7-10(13)15-6-9(12)5-11/h8-9,11-12H,3-7H2,1-2H3. The largest absolute Gasteiger partial charge is 0.461 e. The Kier molecular flexibility index (Phi) is 8.27. The van der Waals surface area contributed by atoms with E-state index in [1.807, 2.05) is 0 Å². The zero-order valence-corrected chi connectivity index (χ0v) is 9.31. The molecule has 0 spiro atoms. The van der Waals surface area contributed by atoms with Crippen molar-refractivity contribution in [3.63, 3.8) is 0 Å². The van der Waals surface area contributed by atoms with Crippen molar-refractivity contribution < 1.29 is 24.5 Å². The molecule has 0 aliphatic heterocycles. The van der Waals surface area contributed by atoms with Crippen LogP contribution in [0.25, 0.3) is 0 Å². The number of carbonyl (C=O) groups is 1. The van der Waals surface area contributed by atoms with Gasteiger partial charge in [0.1, 0.15) is 19.3 Å². The summed E-state index contributed by atoms with van der Waals surface area (Å²) in [6.07, 6.45) is -0.114. The van der Waals surface area contributed by atoms with Crippen molar-refractivity contribution in [1.82, 2.24) is 0 Å². The quantitative estimate of drug-likeness (QED) is 0.443. The van der Waals surface area contributed by atoms with Crippen LogP contribution in [0.4, 0.5) is 0 Å². The van der Waals surface area contributed by atoms with E-state index in [0.717, 1.165) is 6.42 Å². The van der Waals surface area contributed by atoms with Crippen molar-refractivity contribution >= 4 is 5.97 Å². The molecule has 15 heavy (non-hydrogen) atoms. The zero-order valence-electron chi connectivity index (χ0n) is 9.31. The van der Waals surface area contributed by atoms with E-state index >= 15 is 0 Å². The number of carbonyl (C=O) groups excluding carboxylic acids is 1. The average Bonchev–Trinajstić information content (AvgIpc) is 2.20. The minimum absolute atomic E-state index is 0.106. The summed E-state index contributed by atoms with van der Waals surface area (Å²) < 4.78 is 9.68. The van der Waals surface area contributed by atoms with Crippen LogP contribution in [0.3, 0.4) is 0 Å². The number of esters is 1. The SMILES string of the molecule is CC(C)CCOCC(=O)OCC(O)CO. The fraction of sp³-hybridized carbons (Fsp3) is 0.900. The smallest absolute Gasteiger partial charge is 0.332 e. The average molecular weight is 220 g/mol. The van der Waals surface area contributed by atoms with Crippen LogP contribution in [-0.4, -0.2) is 48.7 Å². The lowest BCUT2D eigenvalue weighted by molar-refractivity contribution is -0.152. The number of hydrogen-bond donors (Lipinski definition) is 2. The third kappa shape index (κ3) is 9.65. The first-order chi connectivity index (χ1) is 7.06. The highest BCUT2D eigenvalue weighted by molar-refractivity contribution is 5.70. The summed E-state index contributed by atoms with van der Waals surface area (Å²) in [6, 6.07) is 0. The number of aliphatic hydroxyl groups is 2. The molecule has 0 fully saturated rings. The van der Waals surface area contributed by atoms with E-state index in [1.165, 1.54) is 0 Å². The maximum Gasteiger partial charge on any atom is 0.332 e. The van der Waals surface area contributed by atoms with E-state index in [9.17, 15) is 4.79 Å². The van der Waals surface area contributed by atoms with Gasteiger partial charge < -0.3 is 19.7 Å². The maximum absolute atomic E-state index is 11.0. The van der Waals surface area contributed by atoms with Crippen LogP contribution in [0, 0.1) is 5.92 Å². The molecule has 0 aromatic carbocycles. The molecule has 0 amide bonds. The summed E-state index contributed by atoms with van der Waals surface area (Å²) in [4.78, 5) is 11.0. The van der Waals surface area contributed by atoms with Gasteiger partial charge >= 0.3 is 5.97 Å². The highest BCUT2D eigenvalue weighted by Crippen LogP contribution is 1.98. The molecule has 0 bridgehead atoms. The molecule has 90 valence electrons. The van der Waals surface area contributed by atoms with Gasteiger partial charge in [-0.25, -0.2) is 4.79 Å². The molecule has 0 heterocycles. The second-order valence-electron chi connectivity index (χ2n) is 3.75. The molecule has 1 unspecified atom stereocenters. The Hall–Kier alpha value is -0.650. The Labute approximate surface area is 90.0 Å². The normalized spacial score (nSPS) is 12.9. The van der Waals surface area contributed by atoms with Crippen molar-refractivity contribution in [2.45, 2.75) is 26.4 Å². The summed E-state index contributed by atoms with van der Waals surface area (Å²) in [5.41, 5.74) is 0. The minimum Gasteiger partial charge on any atom is -0.461 e. The number of rotatable bonds is 8. The molecule has 0 aliphatic rings. The first-order valence-electron chi connectivity index (χ1n) is 5.08. The van der Waals surface area contributed by atoms with E-state index in [4.69, 9.17) is 14.9 Å². The molecular formula is C10H20O5. The Bertz CT molecular complexity index is 169. The molecular weight excluding hydrogens is 200 g/mol. The van der Waals surface area contributed by atoms with Gasteiger partial charge in [0.05, 0.1) is 6.61 Å². The Morgan fingerprint density at radius 2 is 2.07 bits per heavy atom. The third-order valence-corrected chi connectivity index (χ3v) is 1.71. The second-order valence-corrected chi connectivity index (χ2v) is 3.75. The molecule has 0 saturated carbocycles. The van der Waals surface area contributed by atoms with Gasteiger partial charge in [0.15, 0.2) is 0 Å². The van der Waals surface area contributed by atoms with Crippen LogP contribution in [0.2, 0.25) is 0 Å². The van der Waals surface area contributed by atoms with Crippen molar-refractivity contribution in [1.29, 1.82) is 0 Å². The van der Waals surface area contributed by atoms with E-state index in [-0.39, 0.29) is 13.2 Å². The fourth-order valence-electron chi connectivity index (χ4n) is 0.758. The van der Waals surface area contributed by atoms with Crippen molar-refractivity contribution in [2.24, 2.45) is 5.92 Å². The highest BCUT2D eigenvalue weighted by Gasteiger charge is 2.07. The van der Waals surface area contributed by atoms with Crippen LogP contribution >= 0.6 is 0 Å². The summed E-state index contributed by atoms with van der Waals surface area (Å²) in [5.74, 6) is 0.0171. The van der Waals surface area contributed by atoms with Gasteiger partial charge in [-0.15, -0.1) is 0 Å². The lowest BCUT2D eigenvalue weighted by Gasteiger charge is -2.09. The first kappa shape index (κ1) is 14.3. The molecule has 2 N–H and O–H groups in total. The number of aliphatic hydroxyl groups excluding tert-OH is 2. The van der Waals surface area contributed by atoms with Gasteiger partial charge in [0.2, 0.25) is 0 Å². The number of ether oxygens (including phenoxy) is 2.